The van der Waals surface area contributed by atoms with Gasteiger partial charge in [-0.3, -0.25) is 33.7 Å². The van der Waals surface area contributed by atoms with Gasteiger partial charge in [0.05, 0.1) is 13.0 Å². The van der Waals surface area contributed by atoms with Crippen molar-refractivity contribution in [3.8, 4) is 11.1 Å². The number of nitrogens with zero attached hydrogens (tertiary/aromatic N) is 1. The highest BCUT2D eigenvalue weighted by Crippen LogP contribution is 2.44. The third kappa shape index (κ3) is 10.9. The molecule has 0 aromatic heterocycles. The number of hydrogen-bond acceptors (Lipinski definition) is 11. The summed E-state index contributed by atoms with van der Waals surface area (Å²) < 4.78 is 15.8. The number of nitrogens with two attached hydrogens (primary N) is 2. The Morgan fingerprint density at radius 3 is 2.12 bits per heavy atom. The standard InChI is InChI=1S/C41H48N6O10/c1-3-55-40(53)32(42)18-19-36(49)56-22-25-14-16-26(17-15-25)45-38(51)33(21-35(43)48)46-37(50)24(2)44-39(52)34-13-8-20-47(34)41(54)57-23-31-29-11-6-4-9-27(29)28-10-5-7-12-30(28)31/h4-7,9-12,14-17,24,31-34H,3,8,13,18-23,42H2,1-2H3,(H2,43,48)(H,44,52)(H,45,51)(H,46,50)/t24-,32+,33-,34?/m0/s1. The van der Waals surface area contributed by atoms with E-state index < -0.39 is 72.2 Å². The zero-order chi connectivity index (χ0) is 41.1. The molecule has 4 atom stereocenters. The van der Waals surface area contributed by atoms with Crippen LogP contribution in [0.25, 0.3) is 11.1 Å². The van der Waals surface area contributed by atoms with E-state index in [-0.39, 0.29) is 38.6 Å². The van der Waals surface area contributed by atoms with Crippen molar-refractivity contribution in [1.82, 2.24) is 15.5 Å². The summed E-state index contributed by atoms with van der Waals surface area (Å²) in [5.41, 5.74) is 16.3. The number of carbonyl (C=O) groups excluding carboxylic acids is 7. The lowest BCUT2D eigenvalue weighted by Gasteiger charge is -2.26. The maximum Gasteiger partial charge on any atom is 0.410 e. The Labute approximate surface area is 329 Å². The van der Waals surface area contributed by atoms with Gasteiger partial charge in [-0.25, -0.2) is 4.79 Å². The highest BCUT2D eigenvalue weighted by Gasteiger charge is 2.38. The number of ether oxygens (including phenoxy) is 3. The number of benzene rings is 3. The van der Waals surface area contributed by atoms with Crippen LogP contribution in [0.1, 0.15) is 68.6 Å². The second kappa shape index (κ2) is 19.5. The van der Waals surface area contributed by atoms with Crippen molar-refractivity contribution in [2.75, 3.05) is 25.1 Å². The minimum absolute atomic E-state index is 0.0690. The molecular weight excluding hydrogens is 736 g/mol. The number of amides is 5. The number of nitrogens with one attached hydrogen (secondary N) is 3. The topological polar surface area (TPSA) is 239 Å². The quantitative estimate of drug-likeness (QED) is 0.0985. The third-order valence-electron chi connectivity index (χ3n) is 9.79. The molecule has 3 aromatic carbocycles. The van der Waals surface area contributed by atoms with Crippen molar-refractivity contribution in [3.63, 3.8) is 0 Å². The minimum atomic E-state index is -1.38. The number of esters is 2. The number of hydrogen-bond donors (Lipinski definition) is 5. The highest BCUT2D eigenvalue weighted by molar-refractivity contribution is 6.00. The maximum atomic E-state index is 13.4. The van der Waals surface area contributed by atoms with Crippen LogP contribution in [0.5, 0.6) is 0 Å². The fraction of sp³-hybridized carbons (Fsp3) is 0.390. The average Bonchev–Trinajstić information content (AvgIpc) is 3.82. The SMILES string of the molecule is CCOC(=O)[C@H](N)CCC(=O)OCc1ccc(NC(=O)[C@H](CC(N)=O)NC(=O)[C@H](C)NC(=O)C2CCCN2C(=O)OCC2c3ccccc3-c3ccccc32)cc1. The van der Waals surface area contributed by atoms with Gasteiger partial charge in [0.2, 0.25) is 23.6 Å². The molecule has 7 N–H and O–H groups in total. The van der Waals surface area contributed by atoms with E-state index in [9.17, 15) is 33.6 Å². The van der Waals surface area contributed by atoms with Gasteiger partial charge in [-0.1, -0.05) is 60.7 Å². The van der Waals surface area contributed by atoms with Gasteiger partial charge < -0.3 is 41.6 Å². The summed E-state index contributed by atoms with van der Waals surface area (Å²) in [6, 6.07) is 17.9. The molecule has 1 saturated heterocycles. The van der Waals surface area contributed by atoms with E-state index >= 15 is 0 Å². The van der Waals surface area contributed by atoms with Gasteiger partial charge in [-0.2, -0.15) is 0 Å². The number of likely N-dealkylation sites (tertiary alicyclic amines) is 1. The first-order chi connectivity index (χ1) is 27.4. The maximum absolute atomic E-state index is 13.4. The van der Waals surface area contributed by atoms with E-state index in [1.165, 1.54) is 24.0 Å². The summed E-state index contributed by atoms with van der Waals surface area (Å²) in [6.07, 6.45) is -0.242. The van der Waals surface area contributed by atoms with Crippen LogP contribution >= 0.6 is 0 Å². The normalized spacial score (nSPS) is 15.9. The smallest absolute Gasteiger partial charge is 0.410 e. The lowest BCUT2D eigenvalue weighted by atomic mass is 9.98. The fourth-order valence-corrected chi connectivity index (χ4v) is 6.81. The van der Waals surface area contributed by atoms with E-state index in [4.69, 9.17) is 25.7 Å². The number of primary amides is 1. The molecule has 57 heavy (non-hydrogen) atoms. The molecule has 1 fully saturated rings. The molecule has 16 nitrogen and oxygen atoms in total. The van der Waals surface area contributed by atoms with Crippen LogP contribution < -0.4 is 27.4 Å². The van der Waals surface area contributed by atoms with Gasteiger partial charge in [0.15, 0.2) is 0 Å². The monoisotopic (exact) mass is 784 g/mol. The van der Waals surface area contributed by atoms with Gasteiger partial charge >= 0.3 is 18.0 Å². The molecule has 1 aliphatic carbocycles. The second-order valence-electron chi connectivity index (χ2n) is 13.9. The summed E-state index contributed by atoms with van der Waals surface area (Å²) in [4.78, 5) is 90.0. The summed E-state index contributed by atoms with van der Waals surface area (Å²) in [5, 5.41) is 7.70. The molecule has 16 heteroatoms. The van der Waals surface area contributed by atoms with Crippen molar-refractivity contribution in [2.45, 2.75) is 82.6 Å². The molecule has 1 unspecified atom stereocenters. The largest absolute Gasteiger partial charge is 0.465 e. The minimum Gasteiger partial charge on any atom is -0.465 e. The number of fused-ring (bicyclic) bond motifs is 3. The van der Waals surface area contributed by atoms with Crippen LogP contribution in [-0.4, -0.2) is 90.5 Å². The van der Waals surface area contributed by atoms with Gasteiger partial charge in [0, 0.05) is 24.6 Å². The van der Waals surface area contributed by atoms with Gasteiger partial charge in [-0.05, 0) is 73.1 Å². The molecule has 1 aliphatic heterocycles. The summed E-state index contributed by atoms with van der Waals surface area (Å²) in [6.45, 7) is 3.58. The van der Waals surface area contributed by atoms with E-state index in [2.05, 4.69) is 16.0 Å². The molecule has 2 aliphatic rings. The van der Waals surface area contributed by atoms with Gasteiger partial charge in [0.25, 0.3) is 0 Å². The molecule has 5 amide bonds. The highest BCUT2D eigenvalue weighted by atomic mass is 16.6. The predicted molar refractivity (Wildman–Crippen MR) is 207 cm³/mol. The van der Waals surface area contributed by atoms with Crippen molar-refractivity contribution in [2.24, 2.45) is 11.5 Å². The van der Waals surface area contributed by atoms with Crippen LogP contribution in [0.4, 0.5) is 10.5 Å². The van der Waals surface area contributed by atoms with E-state index in [1.807, 2.05) is 48.5 Å². The van der Waals surface area contributed by atoms with Crippen molar-refractivity contribution in [3.05, 3.63) is 89.5 Å². The Morgan fingerprint density at radius 2 is 1.49 bits per heavy atom. The summed E-state index contributed by atoms with van der Waals surface area (Å²) in [5.74, 6) is -4.21. The van der Waals surface area contributed by atoms with Crippen LogP contribution in [0.15, 0.2) is 72.8 Å². The molecule has 5 rings (SSSR count). The van der Waals surface area contributed by atoms with Crippen LogP contribution in [0.2, 0.25) is 0 Å². The number of anilines is 1. The van der Waals surface area contributed by atoms with Crippen LogP contribution in [0.3, 0.4) is 0 Å². The Bertz CT molecular complexity index is 1930. The number of carbonyl (C=O) groups is 7. The Morgan fingerprint density at radius 1 is 0.842 bits per heavy atom. The van der Waals surface area contributed by atoms with Crippen molar-refractivity contribution >= 4 is 47.3 Å². The molecule has 302 valence electrons. The first-order valence-electron chi connectivity index (χ1n) is 18.8. The molecule has 0 radical (unpaired) electrons. The molecule has 0 bridgehead atoms. The Kier molecular flexibility index (Phi) is 14.3. The lowest BCUT2D eigenvalue weighted by molar-refractivity contribution is -0.147. The van der Waals surface area contributed by atoms with Crippen LogP contribution in [-0.2, 0) is 49.6 Å². The first-order valence-corrected chi connectivity index (χ1v) is 18.8. The average molecular weight is 785 g/mol. The van der Waals surface area contributed by atoms with Crippen LogP contribution in [0, 0.1) is 0 Å². The molecule has 0 saturated carbocycles. The molecule has 0 spiro atoms. The second-order valence-corrected chi connectivity index (χ2v) is 13.9. The predicted octanol–water partition coefficient (Wildman–Crippen LogP) is 2.62. The third-order valence-corrected chi connectivity index (χ3v) is 9.79. The molecule has 1 heterocycles. The Hall–Kier alpha value is -6.29. The number of rotatable bonds is 17. The zero-order valence-electron chi connectivity index (χ0n) is 31.9. The summed E-state index contributed by atoms with van der Waals surface area (Å²) in [7, 11) is 0. The lowest BCUT2D eigenvalue weighted by Crippen LogP contribution is -2.55. The summed E-state index contributed by atoms with van der Waals surface area (Å²) >= 11 is 0. The fourth-order valence-electron chi connectivity index (χ4n) is 6.81. The molecule has 3 aromatic rings. The van der Waals surface area contributed by atoms with Gasteiger partial charge in [-0.15, -0.1) is 0 Å². The van der Waals surface area contributed by atoms with Crippen molar-refractivity contribution < 1.29 is 47.8 Å². The molecular formula is C41H48N6O10. The van der Waals surface area contributed by atoms with Gasteiger partial charge in [0.1, 0.15) is 37.4 Å². The Balaban J connectivity index is 1.09. The first kappa shape index (κ1) is 41.9. The van der Waals surface area contributed by atoms with Crippen molar-refractivity contribution in [1.29, 1.82) is 0 Å². The zero-order valence-corrected chi connectivity index (χ0v) is 31.9. The van der Waals surface area contributed by atoms with E-state index in [0.29, 0.717) is 30.6 Å². The van der Waals surface area contributed by atoms with E-state index in [1.54, 1.807) is 19.1 Å². The van der Waals surface area contributed by atoms with E-state index in [0.717, 1.165) is 22.3 Å².